The van der Waals surface area contributed by atoms with Gasteiger partial charge in [0.15, 0.2) is 5.96 Å². The standard InChI is InChI=1S/C21H26N8O.HI/c1-22-21(28-11-12-29(20(30)15-28)17-13-25-27(2)14-17)24-10-9-23-19-8-7-16-5-3-4-6-18(16)26-19;/h3-8,13-14H,9-12,15H2,1-2H3,(H,22,24)(H,23,26);1H. The van der Waals surface area contributed by atoms with E-state index in [0.717, 1.165) is 28.4 Å². The van der Waals surface area contributed by atoms with Gasteiger partial charge in [0.25, 0.3) is 0 Å². The Balaban J connectivity index is 0.00000272. The van der Waals surface area contributed by atoms with Gasteiger partial charge >= 0.3 is 0 Å². The highest BCUT2D eigenvalue weighted by Crippen LogP contribution is 2.16. The van der Waals surface area contributed by atoms with Crippen LogP contribution in [0.25, 0.3) is 10.9 Å². The van der Waals surface area contributed by atoms with Crippen LogP contribution in [0.2, 0.25) is 0 Å². The first-order valence-corrected chi connectivity index (χ1v) is 9.98. The number of pyridine rings is 1. The van der Waals surface area contributed by atoms with Crippen LogP contribution >= 0.6 is 24.0 Å². The number of carbonyl (C=O) groups is 1. The Kier molecular flexibility index (Phi) is 7.66. The summed E-state index contributed by atoms with van der Waals surface area (Å²) in [5, 5.41) is 11.9. The second-order valence-corrected chi connectivity index (χ2v) is 7.13. The predicted octanol–water partition coefficient (Wildman–Crippen LogP) is 1.92. The van der Waals surface area contributed by atoms with E-state index in [4.69, 9.17) is 0 Å². The van der Waals surface area contributed by atoms with Crippen LogP contribution in [-0.2, 0) is 11.8 Å². The number of benzene rings is 1. The fourth-order valence-corrected chi connectivity index (χ4v) is 3.54. The lowest BCUT2D eigenvalue weighted by Gasteiger charge is -2.35. The summed E-state index contributed by atoms with van der Waals surface area (Å²) in [4.78, 5) is 25.3. The van der Waals surface area contributed by atoms with E-state index in [1.54, 1.807) is 22.8 Å². The third-order valence-electron chi connectivity index (χ3n) is 5.05. The lowest BCUT2D eigenvalue weighted by Crippen LogP contribution is -2.55. The molecule has 0 atom stereocenters. The molecule has 0 saturated carbocycles. The van der Waals surface area contributed by atoms with Gasteiger partial charge in [-0.15, -0.1) is 24.0 Å². The van der Waals surface area contributed by atoms with Gasteiger partial charge in [0.2, 0.25) is 5.91 Å². The number of rotatable bonds is 5. The predicted molar refractivity (Wildman–Crippen MR) is 134 cm³/mol. The molecular weight excluding hydrogens is 507 g/mol. The summed E-state index contributed by atoms with van der Waals surface area (Å²) < 4.78 is 1.70. The van der Waals surface area contributed by atoms with Gasteiger partial charge in [-0.1, -0.05) is 18.2 Å². The van der Waals surface area contributed by atoms with Crippen LogP contribution in [0.5, 0.6) is 0 Å². The Labute approximate surface area is 198 Å². The van der Waals surface area contributed by atoms with E-state index in [0.29, 0.717) is 26.2 Å². The lowest BCUT2D eigenvalue weighted by atomic mass is 10.2. The van der Waals surface area contributed by atoms with Crippen molar-refractivity contribution in [2.45, 2.75) is 0 Å². The van der Waals surface area contributed by atoms with Gasteiger partial charge in [0.05, 0.1) is 17.4 Å². The maximum atomic E-state index is 12.6. The van der Waals surface area contributed by atoms with Crippen molar-refractivity contribution in [1.29, 1.82) is 0 Å². The van der Waals surface area contributed by atoms with E-state index >= 15 is 0 Å². The number of halogens is 1. The first-order valence-electron chi connectivity index (χ1n) is 9.98. The molecular formula is C21H27IN8O. The first kappa shape index (κ1) is 22.8. The zero-order chi connectivity index (χ0) is 20.9. The summed E-state index contributed by atoms with van der Waals surface area (Å²) >= 11 is 0. The van der Waals surface area contributed by atoms with Crippen LogP contribution in [0.3, 0.4) is 0 Å². The SMILES string of the molecule is CN=C(NCCNc1ccc2ccccc2n1)N1CCN(c2cnn(C)c2)C(=O)C1.I. The Morgan fingerprint density at radius 1 is 1.16 bits per heavy atom. The third-order valence-corrected chi connectivity index (χ3v) is 5.05. The molecule has 3 heterocycles. The Bertz CT molecular complexity index is 1070. The van der Waals surface area contributed by atoms with Gasteiger partial charge in [0.1, 0.15) is 12.4 Å². The van der Waals surface area contributed by atoms with Crippen molar-refractivity contribution in [3.05, 3.63) is 48.8 Å². The van der Waals surface area contributed by atoms with Crippen molar-refractivity contribution in [1.82, 2.24) is 25.0 Å². The number of anilines is 2. The second-order valence-electron chi connectivity index (χ2n) is 7.13. The number of nitrogens with one attached hydrogen (secondary N) is 2. The van der Waals surface area contributed by atoms with E-state index < -0.39 is 0 Å². The molecule has 0 bridgehead atoms. The summed E-state index contributed by atoms with van der Waals surface area (Å²) in [5.74, 6) is 1.60. The zero-order valence-corrected chi connectivity index (χ0v) is 20.0. The number of para-hydroxylation sites is 1. The minimum Gasteiger partial charge on any atom is -0.368 e. The number of hydrogen-bond donors (Lipinski definition) is 2. The van der Waals surface area contributed by atoms with Crippen LogP contribution < -0.4 is 15.5 Å². The third kappa shape index (κ3) is 5.43. The van der Waals surface area contributed by atoms with Crippen LogP contribution in [-0.4, -0.2) is 71.3 Å². The van der Waals surface area contributed by atoms with E-state index in [1.165, 1.54) is 0 Å². The summed E-state index contributed by atoms with van der Waals surface area (Å²) in [6.07, 6.45) is 3.57. The van der Waals surface area contributed by atoms with Crippen molar-refractivity contribution >= 4 is 58.3 Å². The molecule has 1 aliphatic heterocycles. The maximum Gasteiger partial charge on any atom is 0.246 e. The molecule has 10 heteroatoms. The molecule has 1 aliphatic rings. The molecule has 1 saturated heterocycles. The van der Waals surface area contributed by atoms with E-state index in [9.17, 15) is 4.79 Å². The van der Waals surface area contributed by atoms with Crippen LogP contribution in [0.1, 0.15) is 0 Å². The highest BCUT2D eigenvalue weighted by atomic mass is 127. The lowest BCUT2D eigenvalue weighted by molar-refractivity contribution is -0.120. The molecule has 0 unspecified atom stereocenters. The molecule has 31 heavy (non-hydrogen) atoms. The van der Waals surface area contributed by atoms with Crippen molar-refractivity contribution in [2.24, 2.45) is 12.0 Å². The number of aromatic nitrogens is 3. The molecule has 2 aromatic heterocycles. The molecule has 0 aliphatic carbocycles. The maximum absolute atomic E-state index is 12.6. The smallest absolute Gasteiger partial charge is 0.246 e. The summed E-state index contributed by atoms with van der Waals surface area (Å²) in [6, 6.07) is 12.1. The van der Waals surface area contributed by atoms with E-state index in [1.807, 2.05) is 48.5 Å². The van der Waals surface area contributed by atoms with Crippen LogP contribution in [0.15, 0.2) is 53.8 Å². The number of amides is 1. The summed E-state index contributed by atoms with van der Waals surface area (Å²) in [6.45, 7) is 2.95. The normalized spacial score (nSPS) is 14.5. The molecule has 4 rings (SSSR count). The molecule has 1 aromatic carbocycles. The Morgan fingerprint density at radius 2 is 2.00 bits per heavy atom. The minimum absolute atomic E-state index is 0. The van der Waals surface area contributed by atoms with Gasteiger partial charge < -0.3 is 20.4 Å². The number of guanidine groups is 1. The van der Waals surface area contributed by atoms with Crippen molar-refractivity contribution in [3.8, 4) is 0 Å². The van der Waals surface area contributed by atoms with Crippen molar-refractivity contribution < 1.29 is 4.79 Å². The molecule has 1 fully saturated rings. The molecule has 164 valence electrons. The highest BCUT2D eigenvalue weighted by Gasteiger charge is 2.27. The Hall–Kier alpha value is -2.89. The second kappa shape index (κ2) is 10.4. The fraction of sp³-hybridized carbons (Fsp3) is 0.333. The van der Waals surface area contributed by atoms with E-state index in [-0.39, 0.29) is 36.4 Å². The molecule has 1 amide bonds. The zero-order valence-electron chi connectivity index (χ0n) is 17.7. The topological polar surface area (TPSA) is 90.7 Å². The fourth-order valence-electron chi connectivity index (χ4n) is 3.54. The molecule has 0 radical (unpaired) electrons. The average Bonchev–Trinajstić information content (AvgIpc) is 3.19. The molecule has 0 spiro atoms. The number of fused-ring (bicyclic) bond motifs is 1. The summed E-state index contributed by atoms with van der Waals surface area (Å²) in [5.41, 5.74) is 1.80. The van der Waals surface area contributed by atoms with Crippen molar-refractivity contribution in [3.63, 3.8) is 0 Å². The van der Waals surface area contributed by atoms with Gasteiger partial charge in [-0.3, -0.25) is 14.5 Å². The molecule has 3 aromatic rings. The largest absolute Gasteiger partial charge is 0.368 e. The van der Waals surface area contributed by atoms with E-state index in [2.05, 4.69) is 31.8 Å². The Morgan fingerprint density at radius 3 is 2.74 bits per heavy atom. The van der Waals surface area contributed by atoms with Gasteiger partial charge in [-0.25, -0.2) is 4.98 Å². The molecule has 2 N–H and O–H groups in total. The summed E-state index contributed by atoms with van der Waals surface area (Å²) in [7, 11) is 3.58. The molecule has 9 nitrogen and oxygen atoms in total. The quantitative estimate of drug-likeness (QED) is 0.225. The van der Waals surface area contributed by atoms with Crippen LogP contribution in [0, 0.1) is 0 Å². The minimum atomic E-state index is 0. The van der Waals surface area contributed by atoms with Gasteiger partial charge in [-0.2, -0.15) is 5.10 Å². The van der Waals surface area contributed by atoms with Gasteiger partial charge in [0, 0.05) is 51.9 Å². The number of aliphatic imine (C=N–C) groups is 1. The first-order chi connectivity index (χ1) is 14.6. The average molecular weight is 534 g/mol. The number of aryl methyl sites for hydroxylation is 1. The monoisotopic (exact) mass is 534 g/mol. The number of nitrogens with zero attached hydrogens (tertiary/aromatic N) is 6. The van der Waals surface area contributed by atoms with Crippen molar-refractivity contribution in [2.75, 3.05) is 50.0 Å². The number of hydrogen-bond acceptors (Lipinski definition) is 5. The van der Waals surface area contributed by atoms with Gasteiger partial charge in [-0.05, 0) is 18.2 Å². The van der Waals surface area contributed by atoms with Crippen LogP contribution in [0.4, 0.5) is 11.5 Å². The number of piperazine rings is 1. The number of carbonyl (C=O) groups excluding carboxylic acids is 1. The highest BCUT2D eigenvalue weighted by molar-refractivity contribution is 14.0.